The Morgan fingerprint density at radius 1 is 1.09 bits per heavy atom. The first-order valence-electron chi connectivity index (χ1n) is 11.9. The minimum absolute atomic E-state index is 0.157. The molecule has 182 valence electrons. The number of aliphatic hydroxyl groups is 1. The standard InChI is InChI=1S/C27H31N5O2S/c1-27(2,34)24-11-10-23(35-24)25-29-21-9-6-19(16-22(21)30-25)26(33)28-20-7-4-18(5-8-20)17-32-14-12-31(3)13-15-32/h4-11,16,34H,12-15,17H2,1-3H3,(H,28,33)(H,29,30). The summed E-state index contributed by atoms with van der Waals surface area (Å²) in [7, 11) is 2.16. The third kappa shape index (κ3) is 5.46. The zero-order chi connectivity index (χ0) is 24.6. The highest BCUT2D eigenvalue weighted by molar-refractivity contribution is 7.15. The van der Waals surface area contributed by atoms with E-state index < -0.39 is 5.60 Å². The normalized spacial score (nSPS) is 15.5. The maximum Gasteiger partial charge on any atom is 0.255 e. The van der Waals surface area contributed by atoms with Gasteiger partial charge in [0.15, 0.2) is 0 Å². The molecule has 0 spiro atoms. The van der Waals surface area contributed by atoms with E-state index in [4.69, 9.17) is 0 Å². The van der Waals surface area contributed by atoms with Crippen LogP contribution in [0.25, 0.3) is 21.7 Å². The van der Waals surface area contributed by atoms with Gasteiger partial charge in [0.1, 0.15) is 5.82 Å². The van der Waals surface area contributed by atoms with Crippen LogP contribution in [0.1, 0.15) is 34.6 Å². The molecular formula is C27H31N5O2S. The molecule has 3 heterocycles. The van der Waals surface area contributed by atoms with Crippen LogP contribution < -0.4 is 5.32 Å². The second-order valence-electron chi connectivity index (χ2n) is 9.77. The van der Waals surface area contributed by atoms with Crippen LogP contribution in [0, 0.1) is 0 Å². The van der Waals surface area contributed by atoms with Crippen molar-refractivity contribution in [1.82, 2.24) is 19.8 Å². The predicted octanol–water partition coefficient (Wildman–Crippen LogP) is 4.52. The third-order valence-corrected chi connectivity index (χ3v) is 7.81. The van der Waals surface area contributed by atoms with Crippen molar-refractivity contribution in [2.75, 3.05) is 38.5 Å². The van der Waals surface area contributed by atoms with E-state index in [0.29, 0.717) is 5.56 Å². The van der Waals surface area contributed by atoms with Crippen molar-refractivity contribution in [1.29, 1.82) is 0 Å². The molecule has 7 nitrogen and oxygen atoms in total. The number of benzene rings is 2. The first kappa shape index (κ1) is 23.7. The van der Waals surface area contributed by atoms with Crippen molar-refractivity contribution >= 4 is 34.0 Å². The molecule has 1 fully saturated rings. The number of amides is 1. The minimum atomic E-state index is -0.886. The number of nitrogens with one attached hydrogen (secondary N) is 2. The number of imidazole rings is 1. The highest BCUT2D eigenvalue weighted by Gasteiger charge is 2.20. The SMILES string of the molecule is CN1CCN(Cc2ccc(NC(=O)c3ccc4nc(-c5ccc(C(C)(C)O)s5)[nH]c4c3)cc2)CC1. The van der Waals surface area contributed by atoms with Crippen LogP contribution >= 0.6 is 11.3 Å². The van der Waals surface area contributed by atoms with Crippen LogP contribution in [0.3, 0.4) is 0 Å². The lowest BCUT2D eigenvalue weighted by Crippen LogP contribution is -2.43. The first-order valence-corrected chi connectivity index (χ1v) is 12.7. The van der Waals surface area contributed by atoms with E-state index >= 15 is 0 Å². The summed E-state index contributed by atoms with van der Waals surface area (Å²) in [4.78, 5) is 27.5. The fourth-order valence-corrected chi connectivity index (χ4v) is 5.17. The highest BCUT2D eigenvalue weighted by atomic mass is 32.1. The van der Waals surface area contributed by atoms with E-state index in [9.17, 15) is 9.90 Å². The van der Waals surface area contributed by atoms with Gasteiger partial charge in [-0.3, -0.25) is 9.69 Å². The largest absolute Gasteiger partial charge is 0.385 e. The monoisotopic (exact) mass is 489 g/mol. The van der Waals surface area contributed by atoms with Crippen molar-refractivity contribution in [3.63, 3.8) is 0 Å². The zero-order valence-corrected chi connectivity index (χ0v) is 21.2. The van der Waals surface area contributed by atoms with E-state index in [0.717, 1.165) is 65.0 Å². The molecule has 3 N–H and O–H groups in total. The third-order valence-electron chi connectivity index (χ3n) is 6.40. The molecule has 0 aliphatic carbocycles. The summed E-state index contributed by atoms with van der Waals surface area (Å²) in [6, 6.07) is 17.4. The molecule has 5 rings (SSSR count). The van der Waals surface area contributed by atoms with Gasteiger partial charge in [0.2, 0.25) is 0 Å². The highest BCUT2D eigenvalue weighted by Crippen LogP contribution is 2.33. The quantitative estimate of drug-likeness (QED) is 0.371. The number of fused-ring (bicyclic) bond motifs is 1. The molecule has 0 unspecified atom stereocenters. The number of thiophene rings is 1. The number of nitrogens with zero attached hydrogens (tertiary/aromatic N) is 3. The Kier molecular flexibility index (Phi) is 6.46. The number of likely N-dealkylation sites (N-methyl/N-ethyl adjacent to an activating group) is 1. The fourth-order valence-electron chi connectivity index (χ4n) is 4.22. The van der Waals surface area contributed by atoms with Gasteiger partial charge in [-0.15, -0.1) is 11.3 Å². The van der Waals surface area contributed by atoms with Crippen molar-refractivity contribution in [3.05, 3.63) is 70.6 Å². The van der Waals surface area contributed by atoms with Crippen LogP contribution in [-0.4, -0.2) is 64.0 Å². The maximum atomic E-state index is 12.9. The Morgan fingerprint density at radius 2 is 1.83 bits per heavy atom. The Balaban J connectivity index is 1.25. The van der Waals surface area contributed by atoms with Gasteiger partial charge in [-0.05, 0) is 68.9 Å². The fraction of sp³-hybridized carbons (Fsp3) is 0.333. The van der Waals surface area contributed by atoms with Crippen molar-refractivity contribution in [3.8, 4) is 10.7 Å². The maximum absolute atomic E-state index is 12.9. The molecule has 1 saturated heterocycles. The van der Waals surface area contributed by atoms with E-state index in [1.54, 1.807) is 19.9 Å². The second-order valence-corrected chi connectivity index (χ2v) is 10.9. The number of aromatic amines is 1. The van der Waals surface area contributed by atoms with Gasteiger partial charge in [0, 0.05) is 48.9 Å². The van der Waals surface area contributed by atoms with Gasteiger partial charge in [0.25, 0.3) is 5.91 Å². The summed E-state index contributed by atoms with van der Waals surface area (Å²) in [5.41, 5.74) is 3.30. The number of rotatable bonds is 6. The summed E-state index contributed by atoms with van der Waals surface area (Å²) >= 11 is 1.50. The molecule has 0 atom stereocenters. The lowest BCUT2D eigenvalue weighted by atomic mass is 10.1. The number of piperazine rings is 1. The summed E-state index contributed by atoms with van der Waals surface area (Å²) in [6.07, 6.45) is 0. The van der Waals surface area contributed by atoms with Gasteiger partial charge in [-0.25, -0.2) is 4.98 Å². The molecule has 0 saturated carbocycles. The molecule has 0 radical (unpaired) electrons. The van der Waals surface area contributed by atoms with Gasteiger partial charge < -0.3 is 20.3 Å². The number of carbonyl (C=O) groups is 1. The molecule has 4 aromatic rings. The predicted molar refractivity (Wildman–Crippen MR) is 142 cm³/mol. The van der Waals surface area contributed by atoms with E-state index in [1.807, 2.05) is 36.4 Å². The number of hydrogen-bond acceptors (Lipinski definition) is 6. The van der Waals surface area contributed by atoms with Gasteiger partial charge in [-0.2, -0.15) is 0 Å². The lowest BCUT2D eigenvalue weighted by Gasteiger charge is -2.32. The second kappa shape index (κ2) is 9.54. The average molecular weight is 490 g/mol. The Labute approximate surface area is 209 Å². The molecule has 8 heteroatoms. The zero-order valence-electron chi connectivity index (χ0n) is 20.3. The number of hydrogen-bond donors (Lipinski definition) is 3. The topological polar surface area (TPSA) is 84.5 Å². The molecular weight excluding hydrogens is 458 g/mol. The lowest BCUT2D eigenvalue weighted by molar-refractivity contribution is 0.0825. The number of aromatic nitrogens is 2. The summed E-state index contributed by atoms with van der Waals surface area (Å²) in [6.45, 7) is 8.85. The smallest absolute Gasteiger partial charge is 0.255 e. The van der Waals surface area contributed by atoms with Crippen molar-refractivity contribution in [2.45, 2.75) is 26.0 Å². The van der Waals surface area contributed by atoms with Crippen LogP contribution in [0.15, 0.2) is 54.6 Å². The van der Waals surface area contributed by atoms with Crippen molar-refractivity contribution in [2.24, 2.45) is 0 Å². The number of anilines is 1. The van der Waals surface area contributed by atoms with E-state index in [-0.39, 0.29) is 5.91 Å². The van der Waals surface area contributed by atoms with E-state index in [2.05, 4.69) is 44.3 Å². The van der Waals surface area contributed by atoms with Crippen LogP contribution in [0.2, 0.25) is 0 Å². The van der Waals surface area contributed by atoms with Crippen LogP contribution in [0.4, 0.5) is 5.69 Å². The molecule has 1 aliphatic rings. The molecule has 35 heavy (non-hydrogen) atoms. The Morgan fingerprint density at radius 3 is 2.51 bits per heavy atom. The molecule has 2 aromatic carbocycles. The first-order chi connectivity index (χ1) is 16.7. The summed E-state index contributed by atoms with van der Waals surface area (Å²) < 4.78 is 0. The van der Waals surface area contributed by atoms with Crippen LogP contribution in [-0.2, 0) is 12.1 Å². The minimum Gasteiger partial charge on any atom is -0.385 e. The summed E-state index contributed by atoms with van der Waals surface area (Å²) in [5.74, 6) is 0.573. The van der Waals surface area contributed by atoms with Crippen molar-refractivity contribution < 1.29 is 9.90 Å². The van der Waals surface area contributed by atoms with Gasteiger partial charge >= 0.3 is 0 Å². The Hall–Kier alpha value is -3.04. The molecule has 1 amide bonds. The summed E-state index contributed by atoms with van der Waals surface area (Å²) in [5, 5.41) is 13.2. The van der Waals surface area contributed by atoms with Crippen LogP contribution in [0.5, 0.6) is 0 Å². The van der Waals surface area contributed by atoms with Gasteiger partial charge in [-0.1, -0.05) is 12.1 Å². The van der Waals surface area contributed by atoms with Gasteiger partial charge in [0.05, 0.1) is 21.5 Å². The van der Waals surface area contributed by atoms with E-state index in [1.165, 1.54) is 16.9 Å². The average Bonchev–Trinajstić information content (AvgIpc) is 3.48. The number of H-pyrrole nitrogens is 1. The molecule has 0 bridgehead atoms. The molecule has 1 aliphatic heterocycles. The molecule has 2 aromatic heterocycles. The number of carbonyl (C=O) groups excluding carboxylic acids is 1. The Bertz CT molecular complexity index is 1330.